The Hall–Kier alpha value is -2.83. The molecule has 7 nitrogen and oxygen atoms in total. The zero-order chi connectivity index (χ0) is 22.7. The predicted octanol–water partition coefficient (Wildman–Crippen LogP) is 4.29. The molecule has 0 aromatic heterocycles. The first-order chi connectivity index (χ1) is 14.7. The fourth-order valence-corrected chi connectivity index (χ4v) is 3.40. The normalized spacial score (nSPS) is 14.8. The summed E-state index contributed by atoms with van der Waals surface area (Å²) >= 11 is 0. The second-order valence-corrected chi connectivity index (χ2v) is 8.86. The predicted molar refractivity (Wildman–Crippen MR) is 121 cm³/mol. The number of anilines is 1. The summed E-state index contributed by atoms with van der Waals surface area (Å²) in [6.45, 7) is 5.81. The minimum absolute atomic E-state index is 0.137. The molecule has 0 atom stereocenters. The Labute approximate surface area is 185 Å². The highest BCUT2D eigenvalue weighted by Crippen LogP contribution is 2.24. The molecule has 3 N–H and O–H groups in total. The van der Waals surface area contributed by atoms with E-state index in [4.69, 9.17) is 4.74 Å². The summed E-state index contributed by atoms with van der Waals surface area (Å²) in [6, 6.07) is 7.38. The van der Waals surface area contributed by atoms with Crippen molar-refractivity contribution < 1.29 is 19.1 Å². The van der Waals surface area contributed by atoms with E-state index in [1.807, 2.05) is 30.3 Å². The van der Waals surface area contributed by atoms with Crippen LogP contribution in [0.3, 0.4) is 0 Å². The van der Waals surface area contributed by atoms with E-state index in [-0.39, 0.29) is 31.3 Å². The fraction of sp³-hybridized carbons (Fsp3) is 0.542. The third-order valence-corrected chi connectivity index (χ3v) is 4.94. The first kappa shape index (κ1) is 24.4. The molecule has 0 spiro atoms. The number of para-hydroxylation sites is 1. The molecule has 1 aromatic carbocycles. The summed E-state index contributed by atoms with van der Waals surface area (Å²) in [5.41, 5.74) is 0.912. The molecule has 2 rings (SSSR count). The largest absolute Gasteiger partial charge is 0.444 e. The Bertz CT molecular complexity index is 777. The van der Waals surface area contributed by atoms with E-state index in [0.29, 0.717) is 11.6 Å². The monoisotopic (exact) mass is 429 g/mol. The number of rotatable bonds is 8. The van der Waals surface area contributed by atoms with Gasteiger partial charge in [0.2, 0.25) is 11.8 Å². The van der Waals surface area contributed by atoms with Gasteiger partial charge in [-0.2, -0.15) is 0 Å². The lowest BCUT2D eigenvalue weighted by molar-refractivity contribution is -0.121. The summed E-state index contributed by atoms with van der Waals surface area (Å²) in [7, 11) is 0. The molecule has 0 aliphatic heterocycles. The van der Waals surface area contributed by atoms with Crippen LogP contribution in [0.4, 0.5) is 10.5 Å². The van der Waals surface area contributed by atoms with E-state index in [0.717, 1.165) is 18.4 Å². The first-order valence-electron chi connectivity index (χ1n) is 11.0. The van der Waals surface area contributed by atoms with Crippen molar-refractivity contribution in [3.05, 3.63) is 42.0 Å². The van der Waals surface area contributed by atoms with Crippen LogP contribution in [-0.2, 0) is 20.9 Å². The summed E-state index contributed by atoms with van der Waals surface area (Å²) in [4.78, 5) is 36.0. The van der Waals surface area contributed by atoms with Crippen LogP contribution in [-0.4, -0.2) is 30.1 Å². The average Bonchev–Trinajstić information content (AvgIpc) is 2.71. The number of hydrogen-bond donors (Lipinski definition) is 3. The number of nitrogens with one attached hydrogen (secondary N) is 3. The molecule has 0 heterocycles. The van der Waals surface area contributed by atoms with Crippen molar-refractivity contribution in [1.82, 2.24) is 10.6 Å². The van der Waals surface area contributed by atoms with Crippen molar-refractivity contribution >= 4 is 23.6 Å². The quantitative estimate of drug-likeness (QED) is 0.537. The molecule has 0 radical (unpaired) electrons. The number of benzene rings is 1. The molecule has 0 bridgehead atoms. The lowest BCUT2D eigenvalue weighted by Gasteiger charge is -2.19. The number of carbonyl (C=O) groups is 3. The topological polar surface area (TPSA) is 96.5 Å². The van der Waals surface area contributed by atoms with Gasteiger partial charge in [-0.05, 0) is 57.2 Å². The number of carbonyl (C=O) groups excluding carboxylic acids is 3. The molecule has 31 heavy (non-hydrogen) atoms. The molecule has 1 aliphatic rings. The summed E-state index contributed by atoms with van der Waals surface area (Å²) in [5.74, 6) is 0.128. The van der Waals surface area contributed by atoms with Crippen molar-refractivity contribution in [1.29, 1.82) is 0 Å². The summed E-state index contributed by atoms with van der Waals surface area (Å²) in [5, 5.41) is 8.28. The second-order valence-electron chi connectivity index (χ2n) is 8.86. The molecule has 1 aromatic rings. The van der Waals surface area contributed by atoms with Crippen LogP contribution in [0.5, 0.6) is 0 Å². The van der Waals surface area contributed by atoms with Crippen molar-refractivity contribution in [2.75, 3.05) is 11.9 Å². The van der Waals surface area contributed by atoms with Crippen LogP contribution in [0.1, 0.15) is 64.9 Å². The molecular weight excluding hydrogens is 394 g/mol. The average molecular weight is 430 g/mol. The van der Waals surface area contributed by atoms with Crippen LogP contribution in [0.15, 0.2) is 36.4 Å². The smallest absolute Gasteiger partial charge is 0.407 e. The summed E-state index contributed by atoms with van der Waals surface area (Å²) in [6.07, 6.45) is 9.26. The van der Waals surface area contributed by atoms with Gasteiger partial charge >= 0.3 is 6.09 Å². The van der Waals surface area contributed by atoms with Gasteiger partial charge in [-0.25, -0.2) is 4.79 Å². The Morgan fingerprint density at radius 1 is 1.06 bits per heavy atom. The van der Waals surface area contributed by atoms with Crippen molar-refractivity contribution in [3.63, 3.8) is 0 Å². The van der Waals surface area contributed by atoms with E-state index in [1.54, 1.807) is 26.8 Å². The minimum Gasteiger partial charge on any atom is -0.444 e. The molecule has 0 saturated heterocycles. The van der Waals surface area contributed by atoms with Gasteiger partial charge in [0.25, 0.3) is 0 Å². The van der Waals surface area contributed by atoms with Crippen molar-refractivity contribution in [3.8, 4) is 0 Å². The van der Waals surface area contributed by atoms with Gasteiger partial charge in [-0.15, -0.1) is 0 Å². The zero-order valence-electron chi connectivity index (χ0n) is 18.8. The van der Waals surface area contributed by atoms with Crippen LogP contribution in [0, 0.1) is 5.92 Å². The number of hydrogen-bond acceptors (Lipinski definition) is 4. The second kappa shape index (κ2) is 12.1. The molecular formula is C24H35N3O4. The fourth-order valence-electron chi connectivity index (χ4n) is 3.40. The summed E-state index contributed by atoms with van der Waals surface area (Å²) < 4.78 is 5.13. The van der Waals surface area contributed by atoms with Crippen molar-refractivity contribution in [2.45, 2.75) is 71.4 Å². The number of ether oxygens (including phenoxy) is 1. The van der Waals surface area contributed by atoms with Crippen LogP contribution in [0.2, 0.25) is 0 Å². The molecule has 1 saturated carbocycles. The van der Waals surface area contributed by atoms with Crippen LogP contribution < -0.4 is 16.0 Å². The molecule has 1 aliphatic carbocycles. The van der Waals surface area contributed by atoms with Gasteiger partial charge in [0, 0.05) is 25.2 Å². The SMILES string of the molecule is CC(C)(C)OC(=O)NCCC(=O)NCc1ccccc1NC(=O)/C=C/C1CCCCC1. The van der Waals surface area contributed by atoms with Gasteiger partial charge in [0.15, 0.2) is 0 Å². The molecule has 3 amide bonds. The molecule has 170 valence electrons. The number of allylic oxidation sites excluding steroid dienone is 1. The van der Waals surface area contributed by atoms with Gasteiger partial charge in [-0.1, -0.05) is 43.5 Å². The number of alkyl carbamates (subject to hydrolysis) is 1. The Morgan fingerprint density at radius 3 is 2.48 bits per heavy atom. The molecule has 7 heteroatoms. The van der Waals surface area contributed by atoms with Crippen LogP contribution >= 0.6 is 0 Å². The highest BCUT2D eigenvalue weighted by molar-refractivity contribution is 5.99. The third kappa shape index (κ3) is 10.2. The van der Waals surface area contributed by atoms with Gasteiger partial charge in [0.1, 0.15) is 5.60 Å². The Balaban J connectivity index is 1.77. The van der Waals surface area contributed by atoms with Crippen LogP contribution in [0.25, 0.3) is 0 Å². The van der Waals surface area contributed by atoms with Gasteiger partial charge in [0.05, 0.1) is 0 Å². The van der Waals surface area contributed by atoms with E-state index < -0.39 is 11.7 Å². The zero-order valence-corrected chi connectivity index (χ0v) is 18.8. The van der Waals surface area contributed by atoms with Gasteiger partial charge < -0.3 is 20.7 Å². The number of amides is 3. The molecule has 1 fully saturated rings. The standard InChI is InChI=1S/C24H35N3O4/c1-24(2,3)31-23(30)25-16-15-21(28)26-17-19-11-7-8-12-20(19)27-22(29)14-13-18-9-5-4-6-10-18/h7-8,11-14,18H,4-6,9-10,15-17H2,1-3H3,(H,25,30)(H,26,28)(H,27,29)/b14-13+. The van der Waals surface area contributed by atoms with Gasteiger partial charge in [-0.3, -0.25) is 9.59 Å². The lowest BCUT2D eigenvalue weighted by atomic mass is 9.89. The van der Waals surface area contributed by atoms with E-state index in [9.17, 15) is 14.4 Å². The lowest BCUT2D eigenvalue weighted by Crippen LogP contribution is -2.35. The maximum absolute atomic E-state index is 12.3. The van der Waals surface area contributed by atoms with E-state index >= 15 is 0 Å². The third-order valence-electron chi connectivity index (χ3n) is 4.94. The Kier molecular flexibility index (Phi) is 9.56. The van der Waals surface area contributed by atoms with E-state index in [1.165, 1.54) is 19.3 Å². The first-order valence-corrected chi connectivity index (χ1v) is 11.0. The van der Waals surface area contributed by atoms with E-state index in [2.05, 4.69) is 16.0 Å². The maximum Gasteiger partial charge on any atom is 0.407 e. The highest BCUT2D eigenvalue weighted by Gasteiger charge is 2.16. The minimum atomic E-state index is -0.577. The van der Waals surface area contributed by atoms with Crippen molar-refractivity contribution in [2.24, 2.45) is 5.92 Å². The Morgan fingerprint density at radius 2 is 1.77 bits per heavy atom. The molecule has 0 unspecified atom stereocenters. The maximum atomic E-state index is 12.3. The highest BCUT2D eigenvalue weighted by atomic mass is 16.6.